The zero-order valence-electron chi connectivity index (χ0n) is 16.2. The van der Waals surface area contributed by atoms with Crippen LogP contribution in [0.2, 0.25) is 0 Å². The molecule has 3 aromatic rings. The van der Waals surface area contributed by atoms with Gasteiger partial charge in [-0.2, -0.15) is 4.98 Å². The minimum absolute atomic E-state index is 0.0791. The number of nitrogens with one attached hydrogen (secondary N) is 1. The van der Waals surface area contributed by atoms with Gasteiger partial charge in [0, 0.05) is 18.2 Å². The molecule has 1 unspecified atom stereocenters. The lowest BCUT2D eigenvalue weighted by molar-refractivity contribution is -0.115. The molecule has 4 rings (SSSR count). The van der Waals surface area contributed by atoms with Crippen LogP contribution in [0.25, 0.3) is 11.2 Å². The summed E-state index contributed by atoms with van der Waals surface area (Å²) in [6.07, 6.45) is 1.74. The third-order valence-electron chi connectivity index (χ3n) is 4.59. The number of alkyl halides is 2. The monoisotopic (exact) mass is 423 g/mol. The Hall–Kier alpha value is -4.13. The molecule has 3 heterocycles. The SMILES string of the molecule is CC1=C=C=C(c2noc(CC(C=O)C(F)F)n2)C=C1NC(=O)c1cnc2ccccn12. The third kappa shape index (κ3) is 4.11. The lowest BCUT2D eigenvalue weighted by atomic mass is 10.1. The highest BCUT2D eigenvalue weighted by atomic mass is 19.3. The maximum atomic E-state index is 12.8. The number of nitrogens with zero attached hydrogens (tertiary/aromatic N) is 4. The minimum Gasteiger partial charge on any atom is -0.339 e. The maximum Gasteiger partial charge on any atom is 0.274 e. The van der Waals surface area contributed by atoms with Crippen LogP contribution in [0.5, 0.6) is 0 Å². The van der Waals surface area contributed by atoms with Gasteiger partial charge in [0.15, 0.2) is 0 Å². The number of halogens is 2. The van der Waals surface area contributed by atoms with Crippen LogP contribution in [-0.2, 0) is 11.2 Å². The fourth-order valence-electron chi connectivity index (χ4n) is 2.90. The third-order valence-corrected chi connectivity index (χ3v) is 4.59. The zero-order valence-corrected chi connectivity index (χ0v) is 16.2. The van der Waals surface area contributed by atoms with Gasteiger partial charge in [-0.1, -0.05) is 22.7 Å². The van der Waals surface area contributed by atoms with Gasteiger partial charge in [-0.3, -0.25) is 9.20 Å². The summed E-state index contributed by atoms with van der Waals surface area (Å²) in [5.74, 6) is -1.93. The summed E-state index contributed by atoms with van der Waals surface area (Å²) in [5, 5.41) is 6.54. The average molecular weight is 423 g/mol. The van der Waals surface area contributed by atoms with Gasteiger partial charge in [0.05, 0.1) is 23.4 Å². The summed E-state index contributed by atoms with van der Waals surface area (Å²) in [7, 11) is 0. The Bertz CT molecular complexity index is 1310. The molecular weight excluding hydrogens is 408 g/mol. The molecule has 1 atom stereocenters. The molecule has 31 heavy (non-hydrogen) atoms. The van der Waals surface area contributed by atoms with Gasteiger partial charge in [-0.05, 0) is 25.1 Å². The molecule has 0 saturated heterocycles. The van der Waals surface area contributed by atoms with E-state index in [-0.39, 0.29) is 30.3 Å². The van der Waals surface area contributed by atoms with Crippen molar-refractivity contribution in [1.82, 2.24) is 24.8 Å². The molecule has 1 N–H and O–H groups in total. The fourth-order valence-corrected chi connectivity index (χ4v) is 2.90. The first-order valence-corrected chi connectivity index (χ1v) is 9.20. The smallest absolute Gasteiger partial charge is 0.274 e. The molecule has 156 valence electrons. The highest BCUT2D eigenvalue weighted by molar-refractivity contribution is 5.95. The summed E-state index contributed by atoms with van der Waals surface area (Å²) in [6.45, 7) is 1.74. The number of carbonyl (C=O) groups is 2. The van der Waals surface area contributed by atoms with Crippen molar-refractivity contribution in [2.75, 3.05) is 0 Å². The molecule has 0 radical (unpaired) electrons. The molecule has 10 heteroatoms. The first-order chi connectivity index (χ1) is 15.0. The molecule has 0 saturated carbocycles. The second kappa shape index (κ2) is 8.31. The molecule has 0 aromatic carbocycles. The van der Waals surface area contributed by atoms with Crippen LogP contribution < -0.4 is 5.32 Å². The number of fused-ring (bicyclic) bond motifs is 1. The number of aromatic nitrogens is 4. The zero-order chi connectivity index (χ0) is 22.0. The van der Waals surface area contributed by atoms with Crippen LogP contribution in [0.4, 0.5) is 8.78 Å². The van der Waals surface area contributed by atoms with E-state index in [1.165, 1.54) is 6.20 Å². The van der Waals surface area contributed by atoms with Gasteiger partial charge in [0.25, 0.3) is 5.91 Å². The number of allylic oxidation sites excluding steroid dienone is 3. The molecule has 0 spiro atoms. The van der Waals surface area contributed by atoms with E-state index in [9.17, 15) is 18.4 Å². The van der Waals surface area contributed by atoms with E-state index in [1.54, 1.807) is 35.7 Å². The molecule has 8 nitrogen and oxygen atoms in total. The number of imidazole rings is 1. The van der Waals surface area contributed by atoms with Crippen LogP contribution >= 0.6 is 0 Å². The van der Waals surface area contributed by atoms with Crippen molar-refractivity contribution in [2.45, 2.75) is 19.8 Å². The van der Waals surface area contributed by atoms with E-state index < -0.39 is 12.3 Å². The predicted molar refractivity (Wildman–Crippen MR) is 104 cm³/mol. The number of hydrogen-bond acceptors (Lipinski definition) is 6. The van der Waals surface area contributed by atoms with Crippen LogP contribution in [-0.4, -0.2) is 38.1 Å². The van der Waals surface area contributed by atoms with E-state index in [1.807, 2.05) is 6.07 Å². The Morgan fingerprint density at radius 3 is 2.97 bits per heavy atom. The van der Waals surface area contributed by atoms with E-state index in [2.05, 4.69) is 31.9 Å². The summed E-state index contributed by atoms with van der Waals surface area (Å²) in [6, 6.07) is 5.39. The Morgan fingerprint density at radius 2 is 2.19 bits per heavy atom. The normalized spacial score (nSPS) is 14.3. The van der Waals surface area contributed by atoms with Gasteiger partial charge in [0.2, 0.25) is 18.1 Å². The predicted octanol–water partition coefficient (Wildman–Crippen LogP) is 2.75. The molecule has 3 aromatic heterocycles. The van der Waals surface area contributed by atoms with E-state index in [0.717, 1.165) is 0 Å². The van der Waals surface area contributed by atoms with Gasteiger partial charge in [0.1, 0.15) is 17.6 Å². The lowest BCUT2D eigenvalue weighted by Gasteiger charge is -2.10. The number of aldehydes is 1. The molecule has 1 amide bonds. The van der Waals surface area contributed by atoms with Gasteiger partial charge < -0.3 is 14.6 Å². The summed E-state index contributed by atoms with van der Waals surface area (Å²) in [4.78, 5) is 31.8. The van der Waals surface area contributed by atoms with Crippen LogP contribution in [0.15, 0.2) is 63.9 Å². The Balaban J connectivity index is 1.55. The second-order valence-electron chi connectivity index (χ2n) is 6.72. The van der Waals surface area contributed by atoms with E-state index in [4.69, 9.17) is 4.52 Å². The summed E-state index contributed by atoms with van der Waals surface area (Å²) >= 11 is 0. The number of amides is 1. The molecule has 0 aliphatic heterocycles. The topological polar surface area (TPSA) is 102 Å². The lowest BCUT2D eigenvalue weighted by Crippen LogP contribution is -2.25. The number of carbonyl (C=O) groups excluding carboxylic acids is 2. The number of pyridine rings is 1. The Kier molecular flexibility index (Phi) is 5.41. The molecular formula is C21H15F2N5O3. The summed E-state index contributed by atoms with van der Waals surface area (Å²) in [5.41, 5.74) is 8.09. The maximum absolute atomic E-state index is 12.8. The largest absolute Gasteiger partial charge is 0.339 e. The van der Waals surface area contributed by atoms with Gasteiger partial charge in [-0.15, -0.1) is 0 Å². The van der Waals surface area contributed by atoms with E-state index in [0.29, 0.717) is 28.2 Å². The highest BCUT2D eigenvalue weighted by Gasteiger charge is 2.24. The fraction of sp³-hybridized carbons (Fsp3) is 0.190. The van der Waals surface area contributed by atoms with Crippen LogP contribution in [0.1, 0.15) is 29.1 Å². The summed E-state index contributed by atoms with van der Waals surface area (Å²) < 4.78 is 32.2. The first kappa shape index (κ1) is 20.2. The van der Waals surface area contributed by atoms with Gasteiger partial charge in [-0.25, -0.2) is 13.8 Å². The van der Waals surface area contributed by atoms with E-state index >= 15 is 0 Å². The molecule has 1 aliphatic rings. The van der Waals surface area contributed by atoms with Gasteiger partial charge >= 0.3 is 0 Å². The quantitative estimate of drug-likeness (QED) is 0.463. The van der Waals surface area contributed by atoms with Crippen molar-refractivity contribution in [3.63, 3.8) is 0 Å². The first-order valence-electron chi connectivity index (χ1n) is 9.20. The Morgan fingerprint density at radius 1 is 1.35 bits per heavy atom. The number of hydrogen-bond donors (Lipinski definition) is 1. The van der Waals surface area contributed by atoms with Crippen molar-refractivity contribution >= 4 is 23.4 Å². The molecule has 0 bridgehead atoms. The van der Waals surface area contributed by atoms with Crippen molar-refractivity contribution < 1.29 is 22.9 Å². The minimum atomic E-state index is -2.83. The van der Waals surface area contributed by atoms with Crippen LogP contribution in [0.3, 0.4) is 0 Å². The molecule has 0 fully saturated rings. The number of rotatable bonds is 7. The van der Waals surface area contributed by atoms with Crippen LogP contribution in [0, 0.1) is 5.92 Å². The van der Waals surface area contributed by atoms with Crippen molar-refractivity contribution in [2.24, 2.45) is 5.92 Å². The van der Waals surface area contributed by atoms with Crippen molar-refractivity contribution in [1.29, 1.82) is 0 Å². The highest BCUT2D eigenvalue weighted by Crippen LogP contribution is 2.21. The molecule has 1 aliphatic carbocycles. The standard InChI is InChI=1S/C21H15F2N5O3/c1-12-5-6-13(20-26-18(31-27-20)9-14(11-29)19(22)23)8-15(12)25-21(30)16-10-24-17-4-2-3-7-28(16)17/h2-4,7-8,10-11,14,19H,9H2,1H3,(H,25,30). The Labute approximate surface area is 174 Å². The van der Waals surface area contributed by atoms with Crippen molar-refractivity contribution in [3.05, 3.63) is 76.8 Å². The average Bonchev–Trinajstić information content (AvgIpc) is 3.40. The second-order valence-corrected chi connectivity index (χ2v) is 6.72. The van der Waals surface area contributed by atoms with Crippen molar-refractivity contribution in [3.8, 4) is 0 Å².